The highest BCUT2D eigenvalue weighted by Gasteiger charge is 1.99. The lowest BCUT2D eigenvalue weighted by atomic mass is 10.1. The average molecular weight is 282 g/mol. The summed E-state index contributed by atoms with van der Waals surface area (Å²) in [6.45, 7) is 6.84. The van der Waals surface area contributed by atoms with Crippen LogP contribution in [0.5, 0.6) is 0 Å². The minimum Gasteiger partial charge on any atom is -0.362 e. The molecule has 1 aromatic carbocycles. The van der Waals surface area contributed by atoms with Crippen molar-refractivity contribution in [2.24, 2.45) is 0 Å². The smallest absolute Gasteiger partial charge is 0.189 e. The molecule has 0 bridgehead atoms. The third-order valence-corrected chi connectivity index (χ3v) is 2.56. The molecule has 0 heterocycles. The van der Waals surface area contributed by atoms with Crippen LogP contribution >= 0.6 is 24.4 Å². The average Bonchev–Trinajstić information content (AvgIpc) is 2.25. The molecule has 0 spiro atoms. The molecule has 0 saturated heterocycles. The molecule has 0 amide bonds. The van der Waals surface area contributed by atoms with Gasteiger partial charge in [0.05, 0.1) is 0 Å². The first-order valence-electron chi connectivity index (χ1n) is 5.70. The maximum Gasteiger partial charge on any atom is 0.189 e. The topological polar surface area (TPSA) is 48.1 Å². The Balaban J connectivity index is 2.47. The second-order valence-corrected chi connectivity index (χ2v) is 4.76. The molecule has 98 valence electrons. The van der Waals surface area contributed by atoms with Gasteiger partial charge in [0.2, 0.25) is 0 Å². The Morgan fingerprint density at radius 1 is 1.00 bits per heavy atom. The maximum absolute atomic E-state index is 5.15. The van der Waals surface area contributed by atoms with E-state index in [0.29, 0.717) is 10.2 Å². The van der Waals surface area contributed by atoms with E-state index in [-0.39, 0.29) is 0 Å². The molecular formula is C12H18N4S2. The molecule has 0 unspecified atom stereocenters. The van der Waals surface area contributed by atoms with E-state index >= 15 is 0 Å². The minimum atomic E-state index is 0.472. The summed E-state index contributed by atoms with van der Waals surface area (Å²) < 4.78 is 0. The van der Waals surface area contributed by atoms with Gasteiger partial charge in [-0.15, -0.1) is 0 Å². The largest absolute Gasteiger partial charge is 0.362 e. The summed E-state index contributed by atoms with van der Waals surface area (Å²) >= 11 is 10.2. The van der Waals surface area contributed by atoms with Gasteiger partial charge in [-0.05, 0) is 68.5 Å². The first-order chi connectivity index (χ1) is 8.51. The summed E-state index contributed by atoms with van der Waals surface area (Å²) in [5.41, 5.74) is 8.96. The zero-order valence-corrected chi connectivity index (χ0v) is 12.4. The molecule has 0 saturated carbocycles. The van der Waals surface area contributed by atoms with Crippen molar-refractivity contribution in [2.75, 3.05) is 11.9 Å². The number of hydrazine groups is 1. The zero-order chi connectivity index (χ0) is 13.5. The monoisotopic (exact) mass is 282 g/mol. The number of anilines is 1. The highest BCUT2D eigenvalue weighted by molar-refractivity contribution is 7.80. The quantitative estimate of drug-likeness (QED) is 0.492. The molecule has 0 atom stereocenters. The Morgan fingerprint density at radius 2 is 1.56 bits per heavy atom. The van der Waals surface area contributed by atoms with Crippen LogP contribution in [0.1, 0.15) is 18.1 Å². The summed E-state index contributed by atoms with van der Waals surface area (Å²) in [7, 11) is 0. The minimum absolute atomic E-state index is 0.472. The zero-order valence-electron chi connectivity index (χ0n) is 10.8. The molecule has 18 heavy (non-hydrogen) atoms. The second kappa shape index (κ2) is 7.13. The van der Waals surface area contributed by atoms with Gasteiger partial charge in [-0.1, -0.05) is 6.07 Å². The fourth-order valence-electron chi connectivity index (χ4n) is 1.53. The third kappa shape index (κ3) is 5.29. The van der Waals surface area contributed by atoms with Gasteiger partial charge in [-0.25, -0.2) is 0 Å². The number of hydrogen-bond donors (Lipinski definition) is 4. The van der Waals surface area contributed by atoms with E-state index in [9.17, 15) is 0 Å². The van der Waals surface area contributed by atoms with Crippen LogP contribution in [-0.4, -0.2) is 16.8 Å². The number of thiocarbonyl (C=S) groups is 2. The summed E-state index contributed by atoms with van der Waals surface area (Å²) in [5, 5.41) is 7.03. The Bertz CT molecular complexity index is 425. The van der Waals surface area contributed by atoms with Gasteiger partial charge in [-0.2, -0.15) is 0 Å². The molecule has 0 aromatic heterocycles. The molecule has 0 radical (unpaired) electrons. The lowest BCUT2D eigenvalue weighted by molar-refractivity contribution is 0.825. The Morgan fingerprint density at radius 3 is 2.11 bits per heavy atom. The molecule has 0 aliphatic heterocycles. The van der Waals surface area contributed by atoms with Crippen LogP contribution in [0.15, 0.2) is 18.2 Å². The van der Waals surface area contributed by atoms with Gasteiger partial charge in [0, 0.05) is 12.2 Å². The summed E-state index contributed by atoms with van der Waals surface area (Å²) in [4.78, 5) is 0. The van der Waals surface area contributed by atoms with Gasteiger partial charge in [-0.3, -0.25) is 10.9 Å². The fourth-order valence-corrected chi connectivity index (χ4v) is 1.89. The van der Waals surface area contributed by atoms with Crippen molar-refractivity contribution < 1.29 is 0 Å². The van der Waals surface area contributed by atoms with Crippen molar-refractivity contribution in [3.05, 3.63) is 29.3 Å². The van der Waals surface area contributed by atoms with E-state index < -0.39 is 0 Å². The maximum atomic E-state index is 5.15. The van der Waals surface area contributed by atoms with Crippen LogP contribution in [0.25, 0.3) is 0 Å². The molecule has 0 aliphatic rings. The highest BCUT2D eigenvalue weighted by atomic mass is 32.1. The lowest BCUT2D eigenvalue weighted by Crippen LogP contribution is -2.48. The van der Waals surface area contributed by atoms with E-state index in [2.05, 4.69) is 27.6 Å². The first kappa shape index (κ1) is 14.7. The van der Waals surface area contributed by atoms with Crippen LogP contribution in [0, 0.1) is 13.8 Å². The lowest BCUT2D eigenvalue weighted by Gasteiger charge is -2.14. The van der Waals surface area contributed by atoms with Crippen molar-refractivity contribution in [1.82, 2.24) is 16.2 Å². The number of aryl methyl sites for hydroxylation is 2. The van der Waals surface area contributed by atoms with Gasteiger partial charge >= 0.3 is 0 Å². The number of rotatable bonds is 2. The molecule has 1 rings (SSSR count). The van der Waals surface area contributed by atoms with Crippen molar-refractivity contribution in [3.63, 3.8) is 0 Å². The van der Waals surface area contributed by atoms with Crippen molar-refractivity contribution in [2.45, 2.75) is 20.8 Å². The fraction of sp³-hybridized carbons (Fsp3) is 0.333. The Kier molecular flexibility index (Phi) is 5.80. The molecule has 4 nitrogen and oxygen atoms in total. The standard InChI is InChI=1S/C12H18N4S2/c1-4-13-11(17)15-16-12(18)14-10-6-8(2)5-9(3)7-10/h5-7H,4H2,1-3H3,(H2,13,15,17)(H2,14,16,18). The van der Waals surface area contributed by atoms with Gasteiger partial charge in [0.25, 0.3) is 0 Å². The number of hydrogen-bond acceptors (Lipinski definition) is 2. The van der Waals surface area contributed by atoms with Crippen LogP contribution in [0.2, 0.25) is 0 Å². The van der Waals surface area contributed by atoms with Crippen molar-refractivity contribution in [1.29, 1.82) is 0 Å². The van der Waals surface area contributed by atoms with E-state index in [1.807, 2.05) is 32.9 Å². The molecular weight excluding hydrogens is 264 g/mol. The van der Waals surface area contributed by atoms with Gasteiger partial charge < -0.3 is 10.6 Å². The SMILES string of the molecule is CCNC(=S)NNC(=S)Nc1cc(C)cc(C)c1. The van der Waals surface area contributed by atoms with Crippen molar-refractivity contribution >= 4 is 40.3 Å². The first-order valence-corrected chi connectivity index (χ1v) is 6.52. The predicted octanol–water partition coefficient (Wildman–Crippen LogP) is 1.99. The predicted molar refractivity (Wildman–Crippen MR) is 84.7 cm³/mol. The van der Waals surface area contributed by atoms with Crippen LogP contribution in [0.4, 0.5) is 5.69 Å². The molecule has 6 heteroatoms. The Labute approximate surface area is 119 Å². The molecule has 4 N–H and O–H groups in total. The van der Waals surface area contributed by atoms with Crippen LogP contribution in [-0.2, 0) is 0 Å². The number of benzene rings is 1. The summed E-state index contributed by atoms with van der Waals surface area (Å²) in [5.74, 6) is 0. The third-order valence-electron chi connectivity index (χ3n) is 2.11. The number of nitrogens with one attached hydrogen (secondary N) is 4. The van der Waals surface area contributed by atoms with Crippen LogP contribution in [0.3, 0.4) is 0 Å². The molecule has 0 aliphatic carbocycles. The molecule has 1 aromatic rings. The highest BCUT2D eigenvalue weighted by Crippen LogP contribution is 2.13. The van der Waals surface area contributed by atoms with E-state index in [1.54, 1.807) is 0 Å². The van der Waals surface area contributed by atoms with Gasteiger partial charge in [0.15, 0.2) is 10.2 Å². The summed E-state index contributed by atoms with van der Waals surface area (Å²) in [6, 6.07) is 6.17. The Hall–Kier alpha value is -1.40. The second-order valence-electron chi connectivity index (χ2n) is 3.94. The van der Waals surface area contributed by atoms with Crippen molar-refractivity contribution in [3.8, 4) is 0 Å². The normalized spacial score (nSPS) is 9.50. The van der Waals surface area contributed by atoms with Crippen LogP contribution < -0.4 is 21.5 Å². The van der Waals surface area contributed by atoms with Gasteiger partial charge in [0.1, 0.15) is 0 Å². The summed E-state index contributed by atoms with van der Waals surface area (Å²) in [6.07, 6.45) is 0. The van der Waals surface area contributed by atoms with E-state index in [0.717, 1.165) is 12.2 Å². The van der Waals surface area contributed by atoms with E-state index in [1.165, 1.54) is 11.1 Å². The molecule has 0 fully saturated rings. The van der Waals surface area contributed by atoms with E-state index in [4.69, 9.17) is 24.4 Å².